The third-order valence-corrected chi connectivity index (χ3v) is 3.47. The van der Waals surface area contributed by atoms with E-state index in [1.807, 2.05) is 0 Å². The monoisotopic (exact) mass is 347 g/mol. The van der Waals surface area contributed by atoms with E-state index >= 15 is 0 Å². The molecule has 21 heavy (non-hydrogen) atoms. The van der Waals surface area contributed by atoms with Crippen LogP contribution in [0.5, 0.6) is 0 Å². The number of hydrogen-bond acceptors (Lipinski definition) is 6. The van der Waals surface area contributed by atoms with Crippen LogP contribution in [0.15, 0.2) is 17.5 Å². The number of nitrogens with zero attached hydrogens (tertiary/aromatic N) is 2. The first-order valence-corrected chi connectivity index (χ1v) is 6.49. The van der Waals surface area contributed by atoms with Crippen LogP contribution in [0.2, 0.25) is 15.1 Å². The summed E-state index contributed by atoms with van der Waals surface area (Å²) < 4.78 is 4.72. The third-order valence-electron chi connectivity index (χ3n) is 2.23. The Morgan fingerprint density at radius 2 is 2.00 bits per heavy atom. The van der Waals surface area contributed by atoms with Gasteiger partial charge in [0.05, 0.1) is 15.1 Å². The summed E-state index contributed by atoms with van der Waals surface area (Å²) in [7, 11) is 0. The molecule has 1 rings (SSSR count). The van der Waals surface area contributed by atoms with Gasteiger partial charge in [0.1, 0.15) is 11.6 Å². The average molecular weight is 349 g/mol. The summed E-state index contributed by atoms with van der Waals surface area (Å²) in [6, 6.07) is 1.63. The highest BCUT2D eigenvalue weighted by molar-refractivity contribution is 6.48. The highest BCUT2D eigenvalue weighted by Gasteiger charge is 2.20. The molecule has 1 heterocycles. The van der Waals surface area contributed by atoms with Gasteiger partial charge in [-0.25, -0.2) is 9.78 Å². The molecule has 1 aromatic heterocycles. The zero-order valence-corrected chi connectivity index (χ0v) is 12.9. The molecule has 0 fully saturated rings. The summed E-state index contributed by atoms with van der Waals surface area (Å²) in [6.07, 6.45) is 1.12. The smallest absolute Gasteiger partial charge is 0.358 e. The zero-order chi connectivity index (χ0) is 16.2. The molecule has 6 nitrogen and oxygen atoms in total. The van der Waals surface area contributed by atoms with Crippen LogP contribution in [-0.4, -0.2) is 23.3 Å². The summed E-state index contributed by atoms with van der Waals surface area (Å²) in [5.41, 5.74) is 4.82. The number of allylic oxidation sites excluding steroid dienone is 1. The molecule has 0 bridgehead atoms. The van der Waals surface area contributed by atoms with E-state index in [1.165, 1.54) is 6.92 Å². The lowest BCUT2D eigenvalue weighted by Crippen LogP contribution is -2.18. The van der Waals surface area contributed by atoms with Crippen LogP contribution in [0.3, 0.4) is 0 Å². The standard InChI is InChI=1S/C12H8Cl3N3O3/c1-5(17)6(2-16)8(19)4-21-12(20)11-10(15)9(14)7(13)3-18-11/h3H,4,17H2,1H3/b6-5-. The van der Waals surface area contributed by atoms with Crippen molar-refractivity contribution in [2.24, 2.45) is 5.73 Å². The Labute approximate surface area is 135 Å². The van der Waals surface area contributed by atoms with E-state index in [4.69, 9.17) is 50.5 Å². The molecule has 2 N–H and O–H groups in total. The van der Waals surface area contributed by atoms with Gasteiger partial charge < -0.3 is 10.5 Å². The molecule has 0 aliphatic carbocycles. The molecule has 0 saturated heterocycles. The Kier molecular flexibility index (Phi) is 5.97. The minimum Gasteiger partial charge on any atom is -0.452 e. The molecule has 0 saturated carbocycles. The van der Waals surface area contributed by atoms with Crippen LogP contribution in [0, 0.1) is 11.3 Å². The Morgan fingerprint density at radius 3 is 2.52 bits per heavy atom. The highest BCUT2D eigenvalue weighted by atomic mass is 35.5. The fourth-order valence-electron chi connectivity index (χ4n) is 1.23. The molecule has 0 radical (unpaired) electrons. The molecule has 0 unspecified atom stereocenters. The number of rotatable bonds is 4. The van der Waals surface area contributed by atoms with E-state index in [2.05, 4.69) is 4.98 Å². The minimum atomic E-state index is -0.973. The summed E-state index contributed by atoms with van der Waals surface area (Å²) >= 11 is 17.2. The van der Waals surface area contributed by atoms with Gasteiger partial charge in [-0.05, 0) is 6.92 Å². The Morgan fingerprint density at radius 1 is 1.38 bits per heavy atom. The van der Waals surface area contributed by atoms with Gasteiger partial charge in [0.2, 0.25) is 5.78 Å². The first-order valence-electron chi connectivity index (χ1n) is 5.35. The molecule has 0 atom stereocenters. The first-order chi connectivity index (χ1) is 9.79. The van der Waals surface area contributed by atoms with Gasteiger partial charge in [-0.1, -0.05) is 34.8 Å². The predicted molar refractivity (Wildman–Crippen MR) is 77.1 cm³/mol. The van der Waals surface area contributed by atoms with E-state index in [-0.39, 0.29) is 32.0 Å². The number of ketones is 1. The normalized spacial score (nSPS) is 11.4. The van der Waals surface area contributed by atoms with Crippen molar-refractivity contribution in [1.29, 1.82) is 5.26 Å². The number of nitriles is 1. The predicted octanol–water partition coefficient (Wildman–Crippen LogP) is 2.52. The van der Waals surface area contributed by atoms with Gasteiger partial charge in [-0.15, -0.1) is 0 Å². The molecular formula is C12H8Cl3N3O3. The summed E-state index contributed by atoms with van der Waals surface area (Å²) in [6.45, 7) is 0.712. The molecule has 0 aromatic carbocycles. The van der Waals surface area contributed by atoms with E-state index in [1.54, 1.807) is 6.07 Å². The molecule has 9 heteroatoms. The van der Waals surface area contributed by atoms with Gasteiger partial charge >= 0.3 is 5.97 Å². The van der Waals surface area contributed by atoms with Crippen molar-refractivity contribution in [3.05, 3.63) is 38.2 Å². The molecule has 0 amide bonds. The number of pyridine rings is 1. The van der Waals surface area contributed by atoms with Crippen molar-refractivity contribution in [1.82, 2.24) is 4.98 Å². The molecule has 0 spiro atoms. The Bertz CT molecular complexity index is 676. The number of hydrogen-bond donors (Lipinski definition) is 1. The number of ether oxygens (including phenoxy) is 1. The maximum atomic E-state index is 11.8. The number of Topliss-reactive ketones (excluding diaryl/α,β-unsaturated/α-hetero) is 1. The maximum Gasteiger partial charge on any atom is 0.358 e. The number of halogens is 3. The second kappa shape index (κ2) is 7.27. The summed E-state index contributed by atoms with van der Waals surface area (Å²) in [4.78, 5) is 27.1. The van der Waals surface area contributed by atoms with Gasteiger partial charge in [0, 0.05) is 11.9 Å². The molecular weight excluding hydrogens is 341 g/mol. The number of carbonyl (C=O) groups excluding carboxylic acids is 2. The van der Waals surface area contributed by atoms with E-state index in [0.29, 0.717) is 0 Å². The van der Waals surface area contributed by atoms with Gasteiger partial charge in [0.15, 0.2) is 12.3 Å². The van der Waals surface area contributed by atoms with Crippen molar-refractivity contribution < 1.29 is 14.3 Å². The van der Waals surface area contributed by atoms with Gasteiger partial charge in [0.25, 0.3) is 0 Å². The fourth-order valence-corrected chi connectivity index (χ4v) is 1.79. The van der Waals surface area contributed by atoms with E-state index in [9.17, 15) is 9.59 Å². The third kappa shape index (κ3) is 4.08. The second-order valence-electron chi connectivity index (χ2n) is 3.75. The Hall–Kier alpha value is -1.81. The molecule has 1 aromatic rings. The lowest BCUT2D eigenvalue weighted by Gasteiger charge is -2.06. The lowest BCUT2D eigenvalue weighted by molar-refractivity contribution is -0.118. The molecule has 0 aliphatic rings. The first kappa shape index (κ1) is 17.2. The summed E-state index contributed by atoms with van der Waals surface area (Å²) in [5, 5.41) is 8.58. The van der Waals surface area contributed by atoms with Gasteiger partial charge in [-0.3, -0.25) is 4.79 Å². The van der Waals surface area contributed by atoms with E-state index in [0.717, 1.165) is 6.20 Å². The van der Waals surface area contributed by atoms with Crippen molar-refractivity contribution in [3.8, 4) is 6.07 Å². The van der Waals surface area contributed by atoms with Crippen LogP contribution >= 0.6 is 34.8 Å². The largest absolute Gasteiger partial charge is 0.452 e. The number of nitrogens with two attached hydrogens (primary N) is 1. The number of esters is 1. The van der Waals surface area contributed by atoms with Crippen molar-refractivity contribution in [2.75, 3.05) is 6.61 Å². The SMILES string of the molecule is C/C(N)=C(\C#N)C(=O)COC(=O)c1ncc(Cl)c(Cl)c1Cl. The topological polar surface area (TPSA) is 106 Å². The number of carbonyl (C=O) groups is 2. The second-order valence-corrected chi connectivity index (χ2v) is 4.91. The fraction of sp³-hybridized carbons (Fsp3) is 0.167. The lowest BCUT2D eigenvalue weighted by atomic mass is 10.1. The van der Waals surface area contributed by atoms with Gasteiger partial charge in [-0.2, -0.15) is 5.26 Å². The minimum absolute atomic E-state index is 0.0317. The quantitative estimate of drug-likeness (QED) is 0.509. The maximum absolute atomic E-state index is 11.8. The molecule has 0 aliphatic heterocycles. The van der Waals surface area contributed by atoms with Crippen LogP contribution in [-0.2, 0) is 9.53 Å². The van der Waals surface area contributed by atoms with E-state index < -0.39 is 18.4 Å². The zero-order valence-electron chi connectivity index (χ0n) is 10.6. The van der Waals surface area contributed by atoms with Crippen LogP contribution < -0.4 is 5.73 Å². The molecule has 110 valence electrons. The van der Waals surface area contributed by atoms with Crippen molar-refractivity contribution >= 4 is 46.6 Å². The van der Waals surface area contributed by atoms with Crippen LogP contribution in [0.4, 0.5) is 0 Å². The Balaban J connectivity index is 2.86. The van der Waals surface area contributed by atoms with Crippen molar-refractivity contribution in [3.63, 3.8) is 0 Å². The van der Waals surface area contributed by atoms with Crippen molar-refractivity contribution in [2.45, 2.75) is 6.92 Å². The highest BCUT2D eigenvalue weighted by Crippen LogP contribution is 2.31. The summed E-state index contributed by atoms with van der Waals surface area (Å²) in [5.74, 6) is -1.71. The van der Waals surface area contributed by atoms with Crippen LogP contribution in [0.1, 0.15) is 17.4 Å². The van der Waals surface area contributed by atoms with Crippen LogP contribution in [0.25, 0.3) is 0 Å². The average Bonchev–Trinajstić information content (AvgIpc) is 2.42. The number of aromatic nitrogens is 1.